The Hall–Kier alpha value is -1.35. The molecule has 0 fully saturated rings. The summed E-state index contributed by atoms with van der Waals surface area (Å²) in [6.07, 6.45) is 12.5. The van der Waals surface area contributed by atoms with Crippen molar-refractivity contribution in [1.82, 2.24) is 0 Å². The summed E-state index contributed by atoms with van der Waals surface area (Å²) in [6.45, 7) is 31.3. The predicted molar refractivity (Wildman–Crippen MR) is 99.6 cm³/mol. The number of hydrogen-bond donors (Lipinski definition) is 0. The van der Waals surface area contributed by atoms with Crippen LogP contribution in [0.1, 0.15) is 91.9 Å². The maximum atomic E-state index is 6.71. The second-order valence-corrected chi connectivity index (χ2v) is 5.65. The molecule has 0 aliphatic rings. The molecule has 0 aromatic carbocycles. The number of rotatable bonds is 10. The summed E-state index contributed by atoms with van der Waals surface area (Å²) in [6, 6.07) is 0.494. The molecule has 2 unspecified atom stereocenters. The van der Waals surface area contributed by atoms with Gasteiger partial charge in [-0.15, -0.1) is 0 Å². The van der Waals surface area contributed by atoms with Crippen molar-refractivity contribution in [3.63, 3.8) is 0 Å². The molecule has 2 atom stereocenters. The average Bonchev–Trinajstić information content (AvgIpc) is 2.65. The van der Waals surface area contributed by atoms with Gasteiger partial charge in [-0.1, -0.05) is 52.4 Å². The summed E-state index contributed by atoms with van der Waals surface area (Å²) in [5.74, 6) is 0. The minimum Gasteiger partial charge on any atom is -0.512 e. The Kier molecular flexibility index (Phi) is 53.4. The van der Waals surface area contributed by atoms with E-state index in [-0.39, 0.29) is 33.1 Å². The first-order valence-electron chi connectivity index (χ1n) is 8.80. The van der Waals surface area contributed by atoms with Gasteiger partial charge in [0.2, 0.25) is 12.1 Å². The zero-order valence-electron chi connectivity index (χ0n) is 16.3. The number of unbranched alkanes of at least 4 members (excludes halogenated alkanes) is 6. The molecule has 0 saturated heterocycles. The summed E-state index contributed by atoms with van der Waals surface area (Å²) in [5.41, 5.74) is 0. The molecule has 25 heavy (non-hydrogen) atoms. The van der Waals surface area contributed by atoms with Crippen LogP contribution in [0.25, 0.3) is 9.69 Å². The zero-order chi connectivity index (χ0) is 19.6. The van der Waals surface area contributed by atoms with Crippen LogP contribution >= 0.6 is 0 Å². The van der Waals surface area contributed by atoms with E-state index < -0.39 is 0 Å². The Balaban J connectivity index is -0.0000000858. The van der Waals surface area contributed by atoms with E-state index in [2.05, 4.69) is 23.5 Å². The third kappa shape index (κ3) is 45.0. The standard InChI is InChI=1S/2C9H17N.2CN.Pt/c2*1-4-5-6-7-8-9(2)10-3;2*1-2;/h2*9H,4-8H2,1-2H3;;;/q;;2*-1;+2. The number of nitrogens with zero attached hydrogens (tertiary/aromatic N) is 4. The second kappa shape index (κ2) is 38.3. The van der Waals surface area contributed by atoms with E-state index in [0.717, 1.165) is 12.8 Å². The summed E-state index contributed by atoms with van der Waals surface area (Å²) in [4.78, 5) is 6.87. The topological polar surface area (TPSA) is 56.3 Å². The van der Waals surface area contributed by atoms with Crippen molar-refractivity contribution in [3.05, 3.63) is 36.0 Å². The van der Waals surface area contributed by atoms with E-state index >= 15 is 0 Å². The molecule has 0 spiro atoms. The van der Waals surface area contributed by atoms with Crippen LogP contribution in [-0.4, -0.2) is 12.1 Å². The average molecular weight is 526 g/mol. The molecule has 0 aromatic heterocycles. The smallest absolute Gasteiger partial charge is 0.512 e. The minimum atomic E-state index is 0. The molecule has 0 amide bonds. The van der Waals surface area contributed by atoms with Crippen molar-refractivity contribution < 1.29 is 21.1 Å². The van der Waals surface area contributed by atoms with Crippen molar-refractivity contribution in [3.8, 4) is 0 Å². The monoisotopic (exact) mass is 525 g/mol. The molecule has 0 radical (unpaired) electrons. The fourth-order valence-electron chi connectivity index (χ4n) is 1.86. The van der Waals surface area contributed by atoms with Crippen LogP contribution in [0, 0.1) is 36.8 Å². The molecule has 0 bridgehead atoms. The largest absolute Gasteiger partial charge is 2.00 e. The quantitative estimate of drug-likeness (QED) is 0.235. The minimum absolute atomic E-state index is 0. The van der Waals surface area contributed by atoms with E-state index in [1.807, 2.05) is 13.8 Å². The van der Waals surface area contributed by atoms with Crippen LogP contribution in [0.5, 0.6) is 0 Å². The molecule has 0 heterocycles. The van der Waals surface area contributed by atoms with Crippen LogP contribution in [-0.2, 0) is 21.1 Å². The van der Waals surface area contributed by atoms with E-state index in [1.54, 1.807) is 0 Å². The third-order valence-electron chi connectivity index (χ3n) is 3.39. The molecule has 0 saturated carbocycles. The Morgan fingerprint density at radius 2 is 0.920 bits per heavy atom. The fourth-order valence-corrected chi connectivity index (χ4v) is 1.86. The van der Waals surface area contributed by atoms with Gasteiger partial charge in [-0.3, -0.25) is 0 Å². The van der Waals surface area contributed by atoms with E-state index in [4.69, 9.17) is 36.8 Å². The van der Waals surface area contributed by atoms with Gasteiger partial charge in [0.05, 0.1) is 0 Å². The molecule has 144 valence electrons. The maximum absolute atomic E-state index is 6.71. The number of hydrogen-bond acceptors (Lipinski definition) is 2. The van der Waals surface area contributed by atoms with Crippen LogP contribution in [0.15, 0.2) is 0 Å². The van der Waals surface area contributed by atoms with Gasteiger partial charge >= 0.3 is 21.1 Å². The van der Waals surface area contributed by atoms with Gasteiger partial charge in [0, 0.05) is 26.7 Å². The summed E-state index contributed by atoms with van der Waals surface area (Å²) < 4.78 is 0. The molecule has 0 aliphatic carbocycles. The van der Waals surface area contributed by atoms with Gasteiger partial charge in [0.25, 0.3) is 0 Å². The molecule has 4 nitrogen and oxygen atoms in total. The Morgan fingerprint density at radius 1 is 0.640 bits per heavy atom. The maximum Gasteiger partial charge on any atom is 2.00 e. The summed E-state index contributed by atoms with van der Waals surface area (Å²) in [7, 11) is 0. The molecular formula is C20H34N4Pt. The molecule has 0 aromatic rings. The van der Waals surface area contributed by atoms with Crippen molar-refractivity contribution in [2.45, 2.75) is 104 Å². The summed E-state index contributed by atoms with van der Waals surface area (Å²) >= 11 is 0. The second-order valence-electron chi connectivity index (χ2n) is 5.65. The van der Waals surface area contributed by atoms with E-state index in [0.29, 0.717) is 0 Å². The fraction of sp³-hybridized carbons (Fsp3) is 0.800. The Morgan fingerprint density at radius 3 is 1.12 bits per heavy atom. The van der Waals surface area contributed by atoms with Crippen molar-refractivity contribution >= 4 is 0 Å². The van der Waals surface area contributed by atoms with Crippen LogP contribution in [0.2, 0.25) is 0 Å². The van der Waals surface area contributed by atoms with Crippen molar-refractivity contribution in [2.24, 2.45) is 0 Å². The van der Waals surface area contributed by atoms with Crippen molar-refractivity contribution in [1.29, 1.82) is 10.5 Å². The SMILES string of the molecule is [C-]#N.[C-]#N.[C-]#[N+]C(C)CCCCCC.[C-]#[N+]C(C)CCCCCC.[Pt+2]. The van der Waals surface area contributed by atoms with Crippen LogP contribution in [0.3, 0.4) is 0 Å². The zero-order valence-corrected chi connectivity index (χ0v) is 18.6. The molecule has 5 heteroatoms. The summed E-state index contributed by atoms with van der Waals surface area (Å²) in [5, 5.41) is 12.5. The molecular weight excluding hydrogens is 491 g/mol. The van der Waals surface area contributed by atoms with Gasteiger partial charge in [-0.2, -0.15) is 0 Å². The normalized spacial score (nSPS) is 10.2. The molecule has 0 aliphatic heterocycles. The van der Waals surface area contributed by atoms with Gasteiger partial charge in [-0.25, -0.2) is 13.1 Å². The first-order chi connectivity index (χ1) is 11.6. The van der Waals surface area contributed by atoms with Gasteiger partial charge in [0.1, 0.15) is 0 Å². The first-order valence-corrected chi connectivity index (χ1v) is 8.80. The molecule has 0 rings (SSSR count). The van der Waals surface area contributed by atoms with Gasteiger partial charge in [-0.05, 0) is 12.8 Å². The van der Waals surface area contributed by atoms with Gasteiger partial charge < -0.3 is 33.4 Å². The van der Waals surface area contributed by atoms with Gasteiger partial charge in [0.15, 0.2) is 0 Å². The Labute approximate surface area is 171 Å². The predicted octanol–water partition coefficient (Wildman–Crippen LogP) is 6.72. The third-order valence-corrected chi connectivity index (χ3v) is 3.39. The van der Waals surface area contributed by atoms with Crippen molar-refractivity contribution in [2.75, 3.05) is 0 Å². The first kappa shape index (κ1) is 34.9. The van der Waals surface area contributed by atoms with E-state index in [1.165, 1.54) is 51.4 Å². The van der Waals surface area contributed by atoms with Crippen LogP contribution in [0.4, 0.5) is 0 Å². The van der Waals surface area contributed by atoms with Crippen LogP contribution < -0.4 is 0 Å². The van der Waals surface area contributed by atoms with E-state index in [9.17, 15) is 0 Å². The molecule has 0 N–H and O–H groups in total. The Bertz CT molecular complexity index is 305.